The van der Waals surface area contributed by atoms with Crippen LogP contribution in [-0.4, -0.2) is 18.0 Å². The predicted octanol–water partition coefficient (Wildman–Crippen LogP) is 2.47. The molecule has 1 radical (unpaired) electrons. The van der Waals surface area contributed by atoms with Crippen LogP contribution in [0.2, 0.25) is 0 Å². The third kappa shape index (κ3) is 3.90. The van der Waals surface area contributed by atoms with Gasteiger partial charge in [-0.3, -0.25) is 4.79 Å². The molecule has 1 fully saturated rings. The Morgan fingerprint density at radius 3 is 2.08 bits per heavy atom. The van der Waals surface area contributed by atoms with Crippen LogP contribution in [0.4, 0.5) is 0 Å². The van der Waals surface area contributed by atoms with Gasteiger partial charge < -0.3 is 4.74 Å². The van der Waals surface area contributed by atoms with E-state index in [1.165, 1.54) is 0 Å². The van der Waals surface area contributed by atoms with Crippen LogP contribution in [-0.2, 0) is 9.53 Å². The molecule has 0 aromatic rings. The predicted molar refractivity (Wildman–Crippen MR) is 52.3 cm³/mol. The fourth-order valence-corrected chi connectivity index (χ4v) is 1.80. The third-order valence-corrected chi connectivity index (χ3v) is 2.36. The summed E-state index contributed by atoms with van der Waals surface area (Å²) in [6, 6.07) is 0. The molecule has 0 atom stereocenters. The molecule has 0 spiro atoms. The molecule has 0 aromatic carbocycles. The maximum atomic E-state index is 10.4. The molecule has 1 rings (SSSR count). The zero-order valence-electron chi connectivity index (χ0n) is 8.80. The molecule has 0 heterocycles. The first-order chi connectivity index (χ1) is 6.01. The van der Waals surface area contributed by atoms with Crippen molar-refractivity contribution in [1.82, 2.24) is 0 Å². The Kier molecular flexibility index (Phi) is 3.48. The second-order valence-corrected chi connectivity index (χ2v) is 4.82. The van der Waals surface area contributed by atoms with E-state index >= 15 is 0 Å². The van der Waals surface area contributed by atoms with Crippen LogP contribution in [0.5, 0.6) is 0 Å². The molecule has 75 valence electrons. The average Bonchev–Trinajstić information content (AvgIpc) is 2.03. The number of carbonyl (C=O) groups excluding carboxylic acids is 1. The van der Waals surface area contributed by atoms with Gasteiger partial charge in [-0.05, 0) is 46.5 Å². The van der Waals surface area contributed by atoms with Crippen molar-refractivity contribution in [3.05, 3.63) is 0 Å². The number of hydrogen-bond donors (Lipinski definition) is 0. The maximum Gasteiger partial charge on any atom is 0.201 e. The van der Waals surface area contributed by atoms with Crippen molar-refractivity contribution in [3.8, 4) is 0 Å². The first-order valence-electron chi connectivity index (χ1n) is 5.07. The highest BCUT2D eigenvalue weighted by Crippen LogP contribution is 2.27. The normalized spacial score (nSPS) is 30.1. The molecule has 1 aliphatic rings. The molecule has 1 aliphatic carbocycles. The van der Waals surface area contributed by atoms with E-state index in [-0.39, 0.29) is 11.5 Å². The summed E-state index contributed by atoms with van der Waals surface area (Å²) < 4.78 is 5.84. The zero-order valence-corrected chi connectivity index (χ0v) is 8.80. The SMILES string of the molecule is CC(C)(C)OC1CCC([C]=O)CC1. The largest absolute Gasteiger partial charge is 0.373 e. The minimum absolute atomic E-state index is 0.0532. The molecule has 2 nitrogen and oxygen atoms in total. The first kappa shape index (κ1) is 10.7. The molecule has 0 saturated heterocycles. The van der Waals surface area contributed by atoms with Crippen molar-refractivity contribution < 1.29 is 9.53 Å². The molecule has 0 amide bonds. The Hall–Kier alpha value is -0.370. The van der Waals surface area contributed by atoms with E-state index in [2.05, 4.69) is 27.1 Å². The van der Waals surface area contributed by atoms with Crippen molar-refractivity contribution in [2.75, 3.05) is 0 Å². The van der Waals surface area contributed by atoms with Gasteiger partial charge in [0.05, 0.1) is 11.7 Å². The summed E-state index contributed by atoms with van der Waals surface area (Å²) in [4.78, 5) is 10.4. The van der Waals surface area contributed by atoms with Gasteiger partial charge in [0.25, 0.3) is 0 Å². The summed E-state index contributed by atoms with van der Waals surface area (Å²) in [7, 11) is 0. The van der Waals surface area contributed by atoms with Crippen molar-refractivity contribution in [3.63, 3.8) is 0 Å². The molecule has 0 unspecified atom stereocenters. The highest BCUT2D eigenvalue weighted by molar-refractivity contribution is 5.54. The van der Waals surface area contributed by atoms with Crippen LogP contribution in [0.1, 0.15) is 46.5 Å². The smallest absolute Gasteiger partial charge is 0.201 e. The Labute approximate surface area is 80.7 Å². The number of rotatable bonds is 2. The third-order valence-electron chi connectivity index (χ3n) is 2.36. The maximum absolute atomic E-state index is 10.4. The highest BCUT2D eigenvalue weighted by atomic mass is 16.5. The van der Waals surface area contributed by atoms with Gasteiger partial charge in [-0.25, -0.2) is 0 Å². The first-order valence-corrected chi connectivity index (χ1v) is 5.07. The minimum atomic E-state index is -0.0532. The van der Waals surface area contributed by atoms with Crippen molar-refractivity contribution in [1.29, 1.82) is 0 Å². The van der Waals surface area contributed by atoms with E-state index in [1.807, 2.05) is 0 Å². The van der Waals surface area contributed by atoms with Crippen LogP contribution in [0, 0.1) is 5.92 Å². The van der Waals surface area contributed by atoms with Crippen LogP contribution < -0.4 is 0 Å². The van der Waals surface area contributed by atoms with Crippen molar-refractivity contribution in [2.45, 2.75) is 58.2 Å². The molecular formula is C11H19O2. The minimum Gasteiger partial charge on any atom is -0.373 e. The molecule has 13 heavy (non-hydrogen) atoms. The van der Waals surface area contributed by atoms with Gasteiger partial charge in [0, 0.05) is 5.92 Å². The van der Waals surface area contributed by atoms with Crippen LogP contribution in [0.3, 0.4) is 0 Å². The lowest BCUT2D eigenvalue weighted by molar-refractivity contribution is -0.0756. The number of ether oxygens (including phenoxy) is 1. The topological polar surface area (TPSA) is 26.3 Å². The average molecular weight is 183 g/mol. The van der Waals surface area contributed by atoms with Gasteiger partial charge in [0.2, 0.25) is 6.29 Å². The number of hydrogen-bond acceptors (Lipinski definition) is 2. The Morgan fingerprint density at radius 1 is 1.15 bits per heavy atom. The second-order valence-electron chi connectivity index (χ2n) is 4.82. The Balaban J connectivity index is 2.29. The Bertz CT molecular complexity index is 161. The van der Waals surface area contributed by atoms with Gasteiger partial charge in [-0.15, -0.1) is 0 Å². The fraction of sp³-hybridized carbons (Fsp3) is 0.909. The Morgan fingerprint density at radius 2 is 1.69 bits per heavy atom. The lowest BCUT2D eigenvalue weighted by atomic mass is 9.88. The molecule has 2 heteroatoms. The van der Waals surface area contributed by atoms with Crippen LogP contribution in [0.15, 0.2) is 0 Å². The van der Waals surface area contributed by atoms with E-state index in [9.17, 15) is 4.79 Å². The zero-order chi connectivity index (χ0) is 9.90. The van der Waals surface area contributed by atoms with Gasteiger partial charge in [-0.2, -0.15) is 0 Å². The van der Waals surface area contributed by atoms with Crippen LogP contribution >= 0.6 is 0 Å². The molecule has 0 aromatic heterocycles. The lowest BCUT2D eigenvalue weighted by Gasteiger charge is -2.31. The van der Waals surface area contributed by atoms with E-state index in [1.54, 1.807) is 0 Å². The summed E-state index contributed by atoms with van der Waals surface area (Å²) in [6.45, 7) is 6.22. The summed E-state index contributed by atoms with van der Waals surface area (Å²) in [5.41, 5.74) is -0.0532. The van der Waals surface area contributed by atoms with Gasteiger partial charge >= 0.3 is 0 Å². The monoisotopic (exact) mass is 183 g/mol. The van der Waals surface area contributed by atoms with Crippen LogP contribution in [0.25, 0.3) is 0 Å². The second kappa shape index (κ2) is 4.23. The highest BCUT2D eigenvalue weighted by Gasteiger charge is 2.25. The van der Waals surface area contributed by atoms with Gasteiger partial charge in [-0.1, -0.05) is 0 Å². The molecule has 0 bridgehead atoms. The fourth-order valence-electron chi connectivity index (χ4n) is 1.80. The van der Waals surface area contributed by atoms with Crippen molar-refractivity contribution in [2.24, 2.45) is 5.92 Å². The van der Waals surface area contributed by atoms with Gasteiger partial charge in [0.15, 0.2) is 0 Å². The molecule has 0 N–H and O–H groups in total. The van der Waals surface area contributed by atoms with E-state index in [0.717, 1.165) is 25.7 Å². The lowest BCUT2D eigenvalue weighted by Crippen LogP contribution is -2.30. The molecule has 0 aliphatic heterocycles. The standard InChI is InChI=1S/C11H19O2/c1-11(2,3)13-10-6-4-9(8-12)5-7-10/h9-10H,4-7H2,1-3H3. The summed E-state index contributed by atoms with van der Waals surface area (Å²) in [5, 5.41) is 0. The molecule has 1 saturated carbocycles. The summed E-state index contributed by atoms with van der Waals surface area (Å²) in [6.07, 6.45) is 6.35. The van der Waals surface area contributed by atoms with E-state index in [4.69, 9.17) is 4.74 Å². The molecular weight excluding hydrogens is 164 g/mol. The van der Waals surface area contributed by atoms with Crippen molar-refractivity contribution >= 4 is 6.29 Å². The summed E-state index contributed by atoms with van der Waals surface area (Å²) in [5.74, 6) is 0.166. The van der Waals surface area contributed by atoms with E-state index < -0.39 is 0 Å². The van der Waals surface area contributed by atoms with Gasteiger partial charge in [0.1, 0.15) is 0 Å². The quantitative estimate of drug-likeness (QED) is 0.657. The summed E-state index contributed by atoms with van der Waals surface area (Å²) >= 11 is 0. The van der Waals surface area contributed by atoms with E-state index in [0.29, 0.717) is 6.10 Å².